The molecule has 0 aliphatic rings. The number of anilines is 2. The summed E-state index contributed by atoms with van der Waals surface area (Å²) in [5, 5.41) is 13.5. The van der Waals surface area contributed by atoms with Crippen LogP contribution >= 0.6 is 11.6 Å². The van der Waals surface area contributed by atoms with E-state index in [-0.39, 0.29) is 5.56 Å². The molecule has 0 fully saturated rings. The van der Waals surface area contributed by atoms with Crippen molar-refractivity contribution in [2.75, 3.05) is 5.32 Å². The van der Waals surface area contributed by atoms with Gasteiger partial charge in [-0.15, -0.1) is 0 Å². The summed E-state index contributed by atoms with van der Waals surface area (Å²) in [5.74, 6) is 0.669. The van der Waals surface area contributed by atoms with Crippen molar-refractivity contribution in [3.63, 3.8) is 0 Å². The number of hydrogen-bond acceptors (Lipinski definition) is 4. The molecule has 36 heavy (non-hydrogen) atoms. The number of aromatic amines is 2. The van der Waals surface area contributed by atoms with E-state index in [1.807, 2.05) is 80.7 Å². The molecule has 4 heterocycles. The zero-order valence-electron chi connectivity index (χ0n) is 20.0. The molecule has 0 radical (unpaired) electrons. The Labute approximate surface area is 211 Å². The molecule has 0 spiro atoms. The quantitative estimate of drug-likeness (QED) is 0.261. The fourth-order valence-electron chi connectivity index (χ4n) is 4.57. The van der Waals surface area contributed by atoms with Crippen molar-refractivity contribution in [1.82, 2.24) is 24.7 Å². The number of hydrogen-bond donors (Lipinski definition) is 3. The fraction of sp³-hybridized carbons (Fsp3) is 0.107. The molecule has 0 aliphatic carbocycles. The van der Waals surface area contributed by atoms with Crippen molar-refractivity contribution < 1.29 is 0 Å². The molecule has 0 amide bonds. The minimum atomic E-state index is -0.0469. The van der Waals surface area contributed by atoms with Crippen LogP contribution in [0.15, 0.2) is 71.7 Å². The molecular weight excluding hydrogens is 472 g/mol. The van der Waals surface area contributed by atoms with E-state index in [4.69, 9.17) is 11.6 Å². The van der Waals surface area contributed by atoms with Crippen LogP contribution in [0.4, 0.5) is 11.5 Å². The van der Waals surface area contributed by atoms with Gasteiger partial charge < -0.3 is 14.9 Å². The van der Waals surface area contributed by atoms with Crippen LogP contribution in [0.5, 0.6) is 0 Å². The lowest BCUT2D eigenvalue weighted by atomic mass is 9.99. The Morgan fingerprint density at radius 3 is 2.64 bits per heavy atom. The van der Waals surface area contributed by atoms with Gasteiger partial charge in [-0.1, -0.05) is 17.7 Å². The average Bonchev–Trinajstić information content (AvgIpc) is 3.49. The first kappa shape index (κ1) is 22.1. The predicted molar refractivity (Wildman–Crippen MR) is 146 cm³/mol. The van der Waals surface area contributed by atoms with E-state index in [9.17, 15) is 4.79 Å². The summed E-state index contributed by atoms with van der Waals surface area (Å²) in [5.41, 5.74) is 7.82. The zero-order valence-corrected chi connectivity index (χ0v) is 20.7. The lowest BCUT2D eigenvalue weighted by Crippen LogP contribution is -2.19. The average molecular weight is 495 g/mol. The number of rotatable bonds is 4. The predicted octanol–water partition coefficient (Wildman–Crippen LogP) is 6.49. The van der Waals surface area contributed by atoms with Gasteiger partial charge in [0.05, 0.1) is 16.9 Å². The number of fused-ring (bicyclic) bond motifs is 2. The molecule has 7 nitrogen and oxygen atoms in total. The summed E-state index contributed by atoms with van der Waals surface area (Å²) in [6.07, 6.45) is 1.81. The van der Waals surface area contributed by atoms with Crippen LogP contribution in [0, 0.1) is 13.8 Å². The fourth-order valence-corrected chi connectivity index (χ4v) is 4.75. The van der Waals surface area contributed by atoms with E-state index in [1.54, 1.807) is 11.6 Å². The van der Waals surface area contributed by atoms with Crippen LogP contribution in [-0.4, -0.2) is 24.7 Å². The Kier molecular flexibility index (Phi) is 5.16. The van der Waals surface area contributed by atoms with Crippen molar-refractivity contribution in [3.05, 3.63) is 93.5 Å². The molecule has 0 saturated heterocycles. The van der Waals surface area contributed by atoms with Gasteiger partial charge in [0.1, 0.15) is 0 Å². The Bertz CT molecular complexity index is 1850. The number of benzene rings is 2. The maximum atomic E-state index is 13.3. The lowest BCUT2D eigenvalue weighted by Gasteiger charge is -2.13. The van der Waals surface area contributed by atoms with Gasteiger partial charge in [0, 0.05) is 57.6 Å². The van der Waals surface area contributed by atoms with E-state index in [0.29, 0.717) is 16.4 Å². The molecule has 8 heteroatoms. The van der Waals surface area contributed by atoms with Crippen LogP contribution in [0.2, 0.25) is 5.02 Å². The molecule has 0 unspecified atom stereocenters. The van der Waals surface area contributed by atoms with Crippen LogP contribution in [0.1, 0.15) is 11.3 Å². The van der Waals surface area contributed by atoms with Crippen LogP contribution in [-0.2, 0) is 7.05 Å². The Morgan fingerprint density at radius 1 is 0.917 bits per heavy atom. The van der Waals surface area contributed by atoms with Gasteiger partial charge in [-0.3, -0.25) is 14.9 Å². The van der Waals surface area contributed by atoms with Crippen molar-refractivity contribution in [2.45, 2.75) is 13.8 Å². The van der Waals surface area contributed by atoms with E-state index in [1.165, 1.54) is 0 Å². The highest BCUT2D eigenvalue weighted by atomic mass is 35.5. The maximum absolute atomic E-state index is 13.3. The molecule has 6 rings (SSSR count). The molecule has 6 aromatic rings. The number of aryl methyl sites for hydroxylation is 3. The second-order valence-electron chi connectivity index (χ2n) is 9.04. The molecule has 0 atom stereocenters. The Morgan fingerprint density at radius 2 is 1.78 bits per heavy atom. The number of pyridine rings is 2. The van der Waals surface area contributed by atoms with Gasteiger partial charge in [-0.2, -0.15) is 5.10 Å². The van der Waals surface area contributed by atoms with E-state index >= 15 is 0 Å². The van der Waals surface area contributed by atoms with Crippen molar-refractivity contribution in [1.29, 1.82) is 0 Å². The van der Waals surface area contributed by atoms with Gasteiger partial charge >= 0.3 is 0 Å². The standard InChI is InChI=1S/C28H23ClN6O/c1-15-4-6-20(12-21(15)22-10-18-14-30-16(2)8-26(18)35(3)28(22)36)31-27-13-25(33-34-27)24-11-17-9-19(29)5-7-23(17)32-24/h4-14,32H,1-3H3,(H2,31,33,34). The minimum Gasteiger partial charge on any atom is -0.353 e. The number of nitrogens with one attached hydrogen (secondary N) is 3. The number of nitrogens with zero attached hydrogens (tertiary/aromatic N) is 3. The third-order valence-electron chi connectivity index (χ3n) is 6.50. The first-order valence-corrected chi connectivity index (χ1v) is 11.9. The van der Waals surface area contributed by atoms with Crippen molar-refractivity contribution in [3.8, 4) is 22.5 Å². The van der Waals surface area contributed by atoms with Gasteiger partial charge in [0.15, 0.2) is 5.82 Å². The summed E-state index contributed by atoms with van der Waals surface area (Å²) in [4.78, 5) is 21.1. The largest absolute Gasteiger partial charge is 0.353 e. The SMILES string of the molecule is Cc1cc2c(cn1)cc(-c1cc(Nc3cc(-c4cc5cc(Cl)ccc5[nH]4)[nH]n3)ccc1C)c(=O)n2C. The summed E-state index contributed by atoms with van der Waals surface area (Å²) < 4.78 is 1.69. The van der Waals surface area contributed by atoms with Gasteiger partial charge in [-0.05, 0) is 73.5 Å². The van der Waals surface area contributed by atoms with Gasteiger partial charge in [0.2, 0.25) is 0 Å². The Hall–Kier alpha value is -4.36. The summed E-state index contributed by atoms with van der Waals surface area (Å²) in [6.45, 7) is 3.93. The topological polar surface area (TPSA) is 91.4 Å². The van der Waals surface area contributed by atoms with Crippen LogP contribution in [0.25, 0.3) is 44.3 Å². The highest BCUT2D eigenvalue weighted by molar-refractivity contribution is 6.31. The highest BCUT2D eigenvalue weighted by Gasteiger charge is 2.13. The number of halogens is 1. The van der Waals surface area contributed by atoms with E-state index in [0.717, 1.165) is 55.7 Å². The second kappa shape index (κ2) is 8.39. The molecular formula is C28H23ClN6O. The normalized spacial score (nSPS) is 11.4. The molecule has 2 aromatic carbocycles. The maximum Gasteiger partial charge on any atom is 0.258 e. The molecule has 178 valence electrons. The number of aromatic nitrogens is 5. The molecule has 0 saturated carbocycles. The van der Waals surface area contributed by atoms with Gasteiger partial charge in [-0.25, -0.2) is 0 Å². The van der Waals surface area contributed by atoms with Crippen LogP contribution < -0.4 is 10.9 Å². The van der Waals surface area contributed by atoms with Crippen LogP contribution in [0.3, 0.4) is 0 Å². The second-order valence-corrected chi connectivity index (χ2v) is 9.48. The monoisotopic (exact) mass is 494 g/mol. The lowest BCUT2D eigenvalue weighted by molar-refractivity contribution is 0.905. The third kappa shape index (κ3) is 3.83. The molecule has 0 aliphatic heterocycles. The molecule has 4 aromatic heterocycles. The summed E-state index contributed by atoms with van der Waals surface area (Å²) in [6, 6.07) is 19.5. The number of H-pyrrole nitrogens is 2. The molecule has 3 N–H and O–H groups in total. The van der Waals surface area contributed by atoms with Gasteiger partial charge in [0.25, 0.3) is 5.56 Å². The highest BCUT2D eigenvalue weighted by Crippen LogP contribution is 2.30. The Balaban J connectivity index is 1.34. The first-order valence-electron chi connectivity index (χ1n) is 11.5. The molecule has 0 bridgehead atoms. The van der Waals surface area contributed by atoms with Crippen molar-refractivity contribution >= 4 is 44.9 Å². The third-order valence-corrected chi connectivity index (χ3v) is 6.73. The zero-order chi connectivity index (χ0) is 25.0. The van der Waals surface area contributed by atoms with Crippen molar-refractivity contribution in [2.24, 2.45) is 7.05 Å². The summed E-state index contributed by atoms with van der Waals surface area (Å²) >= 11 is 6.12. The van der Waals surface area contributed by atoms with E-state index in [2.05, 4.69) is 25.5 Å². The summed E-state index contributed by atoms with van der Waals surface area (Å²) in [7, 11) is 1.80. The minimum absolute atomic E-state index is 0.0469. The van der Waals surface area contributed by atoms with E-state index < -0.39 is 0 Å². The first-order chi connectivity index (χ1) is 17.4. The smallest absolute Gasteiger partial charge is 0.258 e.